The van der Waals surface area contributed by atoms with Crippen LogP contribution in [0.1, 0.15) is 38.4 Å². The number of aromatic nitrogens is 2. The minimum atomic E-state index is 0.215. The largest absolute Gasteiger partial charge is 0.338 e. The summed E-state index contributed by atoms with van der Waals surface area (Å²) in [5.74, 6) is 3.47. The van der Waals surface area contributed by atoms with Crippen LogP contribution >= 0.6 is 11.8 Å². The molecule has 0 aliphatic rings. The Hall–Kier alpha value is -0.550. The van der Waals surface area contributed by atoms with Crippen molar-refractivity contribution in [2.45, 2.75) is 38.5 Å². The van der Waals surface area contributed by atoms with Gasteiger partial charge < -0.3 is 10.3 Å². The Bertz CT molecular complexity index is 273. The Morgan fingerprint density at radius 3 is 2.64 bits per heavy atom. The van der Waals surface area contributed by atoms with Gasteiger partial charge in [-0.1, -0.05) is 19.0 Å². The molecular weight excluding hydrogens is 198 g/mol. The molecule has 0 aliphatic carbocycles. The van der Waals surface area contributed by atoms with E-state index in [1.54, 1.807) is 11.8 Å². The van der Waals surface area contributed by atoms with E-state index in [2.05, 4.69) is 10.1 Å². The first-order chi connectivity index (χ1) is 6.59. The molecular formula is C9H17N3OS. The Morgan fingerprint density at radius 2 is 2.14 bits per heavy atom. The predicted molar refractivity (Wildman–Crippen MR) is 58.2 cm³/mol. The molecule has 80 valence electrons. The van der Waals surface area contributed by atoms with E-state index in [1.165, 1.54) is 0 Å². The highest BCUT2D eigenvalue weighted by Crippen LogP contribution is 2.14. The minimum Gasteiger partial charge on any atom is -0.338 e. The molecule has 1 rings (SSSR count). The first-order valence-corrected chi connectivity index (χ1v) is 5.91. The van der Waals surface area contributed by atoms with Crippen LogP contribution in [0.15, 0.2) is 4.52 Å². The molecule has 1 aromatic rings. The maximum Gasteiger partial charge on any atom is 0.236 e. The summed E-state index contributed by atoms with van der Waals surface area (Å²) in [6, 6.07) is 0.215. The van der Waals surface area contributed by atoms with Crippen molar-refractivity contribution in [3.63, 3.8) is 0 Å². The smallest absolute Gasteiger partial charge is 0.236 e. The van der Waals surface area contributed by atoms with Gasteiger partial charge in [0.2, 0.25) is 5.89 Å². The fourth-order valence-corrected chi connectivity index (χ4v) is 1.67. The first-order valence-electron chi connectivity index (χ1n) is 4.75. The maximum absolute atomic E-state index is 5.62. The van der Waals surface area contributed by atoms with Crippen LogP contribution in [0.3, 0.4) is 0 Å². The Kier molecular flexibility index (Phi) is 4.41. The number of hydrogen-bond donors (Lipinski definition) is 1. The quantitative estimate of drug-likeness (QED) is 0.811. The third-order valence-corrected chi connectivity index (χ3v) is 2.82. The van der Waals surface area contributed by atoms with E-state index in [4.69, 9.17) is 10.3 Å². The summed E-state index contributed by atoms with van der Waals surface area (Å²) in [6.45, 7) is 6.08. The van der Waals surface area contributed by atoms with Crippen LogP contribution in [0.25, 0.3) is 0 Å². The molecule has 0 saturated carbocycles. The first kappa shape index (κ1) is 11.5. The van der Waals surface area contributed by atoms with Crippen LogP contribution in [-0.4, -0.2) is 21.9 Å². The third kappa shape index (κ3) is 3.67. The number of nitrogens with two attached hydrogens (primary N) is 1. The van der Waals surface area contributed by atoms with Crippen molar-refractivity contribution in [3.8, 4) is 0 Å². The van der Waals surface area contributed by atoms with Crippen LogP contribution in [-0.2, 0) is 5.75 Å². The molecule has 1 atom stereocenters. The van der Waals surface area contributed by atoms with Crippen LogP contribution in [0.2, 0.25) is 0 Å². The second-order valence-electron chi connectivity index (χ2n) is 3.69. The number of rotatable bonds is 5. The highest BCUT2D eigenvalue weighted by Gasteiger charge is 2.09. The zero-order valence-electron chi connectivity index (χ0n) is 8.86. The molecule has 4 nitrogen and oxygen atoms in total. The summed E-state index contributed by atoms with van der Waals surface area (Å²) >= 11 is 1.72. The van der Waals surface area contributed by atoms with Crippen LogP contribution in [0.5, 0.6) is 0 Å². The lowest BCUT2D eigenvalue weighted by Gasteiger charge is -2.00. The summed E-state index contributed by atoms with van der Waals surface area (Å²) in [5, 5.41) is 3.88. The number of nitrogens with zero attached hydrogens (tertiary/aromatic N) is 2. The molecule has 0 amide bonds. The minimum absolute atomic E-state index is 0.215. The average Bonchev–Trinajstić information content (AvgIpc) is 2.52. The Balaban J connectivity index is 2.36. The lowest BCUT2D eigenvalue weighted by atomic mass is 10.2. The van der Waals surface area contributed by atoms with E-state index < -0.39 is 0 Å². The predicted octanol–water partition coefficient (Wildman–Crippen LogP) is 1.77. The molecule has 1 aromatic heterocycles. The summed E-state index contributed by atoms with van der Waals surface area (Å²) in [6.07, 6.45) is 0. The second kappa shape index (κ2) is 5.36. The average molecular weight is 215 g/mol. The van der Waals surface area contributed by atoms with Crippen LogP contribution in [0, 0.1) is 0 Å². The third-order valence-electron chi connectivity index (χ3n) is 1.61. The van der Waals surface area contributed by atoms with Crippen molar-refractivity contribution in [2.75, 3.05) is 5.75 Å². The fraction of sp³-hybridized carbons (Fsp3) is 0.778. The van der Waals surface area contributed by atoms with Crippen molar-refractivity contribution in [1.29, 1.82) is 0 Å². The van der Waals surface area contributed by atoms with E-state index in [-0.39, 0.29) is 6.04 Å². The molecule has 1 unspecified atom stereocenters. The number of thioether (sulfide) groups is 1. The highest BCUT2D eigenvalue weighted by atomic mass is 32.2. The van der Waals surface area contributed by atoms with Crippen LogP contribution < -0.4 is 5.73 Å². The zero-order valence-corrected chi connectivity index (χ0v) is 9.67. The van der Waals surface area contributed by atoms with Crippen molar-refractivity contribution in [2.24, 2.45) is 5.73 Å². The van der Waals surface area contributed by atoms with E-state index in [1.807, 2.05) is 20.8 Å². The van der Waals surface area contributed by atoms with Crippen molar-refractivity contribution in [3.05, 3.63) is 11.7 Å². The highest BCUT2D eigenvalue weighted by molar-refractivity contribution is 7.98. The van der Waals surface area contributed by atoms with Crippen molar-refractivity contribution >= 4 is 11.8 Å². The van der Waals surface area contributed by atoms with Gasteiger partial charge in [0.15, 0.2) is 5.82 Å². The second-order valence-corrected chi connectivity index (χ2v) is 4.72. The molecule has 0 bridgehead atoms. The fourth-order valence-electron chi connectivity index (χ4n) is 0.893. The van der Waals surface area contributed by atoms with Crippen LogP contribution in [0.4, 0.5) is 0 Å². The standard InChI is InChI=1S/C9H17N3OS/c1-6(2)9-11-8(13-12-9)5-14-4-7(3)10/h6-7H,4-5,10H2,1-3H3. The van der Waals surface area contributed by atoms with Gasteiger partial charge in [0.05, 0.1) is 5.75 Å². The molecule has 0 fully saturated rings. The summed E-state index contributed by atoms with van der Waals surface area (Å²) in [5.41, 5.74) is 5.62. The molecule has 2 N–H and O–H groups in total. The van der Waals surface area contributed by atoms with E-state index in [0.717, 1.165) is 17.3 Å². The molecule has 0 aliphatic heterocycles. The van der Waals surface area contributed by atoms with Gasteiger partial charge in [0.25, 0.3) is 0 Å². The van der Waals surface area contributed by atoms with Gasteiger partial charge >= 0.3 is 0 Å². The molecule has 5 heteroatoms. The molecule has 0 spiro atoms. The maximum atomic E-state index is 5.62. The van der Waals surface area contributed by atoms with Gasteiger partial charge in [-0.15, -0.1) is 0 Å². The van der Waals surface area contributed by atoms with Gasteiger partial charge in [0, 0.05) is 17.7 Å². The van der Waals surface area contributed by atoms with Gasteiger partial charge in [-0.25, -0.2) is 0 Å². The Labute approximate surface area is 88.6 Å². The van der Waals surface area contributed by atoms with Crippen molar-refractivity contribution in [1.82, 2.24) is 10.1 Å². The molecule has 0 saturated heterocycles. The monoisotopic (exact) mass is 215 g/mol. The van der Waals surface area contributed by atoms with Gasteiger partial charge in [-0.2, -0.15) is 16.7 Å². The SMILES string of the molecule is CC(N)CSCc1nc(C(C)C)no1. The summed E-state index contributed by atoms with van der Waals surface area (Å²) < 4.78 is 5.08. The summed E-state index contributed by atoms with van der Waals surface area (Å²) in [4.78, 5) is 4.27. The summed E-state index contributed by atoms with van der Waals surface area (Å²) in [7, 11) is 0. The Morgan fingerprint density at radius 1 is 1.43 bits per heavy atom. The molecule has 1 heterocycles. The molecule has 0 aromatic carbocycles. The van der Waals surface area contributed by atoms with Gasteiger partial charge in [0.1, 0.15) is 0 Å². The van der Waals surface area contributed by atoms with Crippen molar-refractivity contribution < 1.29 is 4.52 Å². The molecule has 0 radical (unpaired) electrons. The van der Waals surface area contributed by atoms with Gasteiger partial charge in [-0.05, 0) is 6.92 Å². The van der Waals surface area contributed by atoms with Gasteiger partial charge in [-0.3, -0.25) is 0 Å². The van der Waals surface area contributed by atoms with E-state index >= 15 is 0 Å². The lowest BCUT2D eigenvalue weighted by Crippen LogP contribution is -2.17. The molecule has 14 heavy (non-hydrogen) atoms. The zero-order chi connectivity index (χ0) is 10.6. The topological polar surface area (TPSA) is 64.9 Å². The normalized spacial score (nSPS) is 13.5. The number of hydrogen-bond acceptors (Lipinski definition) is 5. The lowest BCUT2D eigenvalue weighted by molar-refractivity contribution is 0.383. The van der Waals surface area contributed by atoms with E-state index in [0.29, 0.717) is 11.8 Å². The van der Waals surface area contributed by atoms with E-state index in [9.17, 15) is 0 Å².